The first-order valence-corrected chi connectivity index (χ1v) is 9.52. The Morgan fingerprint density at radius 1 is 1.38 bits per heavy atom. The molecule has 0 aromatic heterocycles. The molecule has 1 heterocycles. The highest BCUT2D eigenvalue weighted by Crippen LogP contribution is 2.19. The van der Waals surface area contributed by atoms with Gasteiger partial charge in [0.2, 0.25) is 5.91 Å². The third-order valence-corrected chi connectivity index (χ3v) is 4.38. The van der Waals surface area contributed by atoms with Crippen LogP contribution in [-0.4, -0.2) is 62.2 Å². The third-order valence-electron chi connectivity index (χ3n) is 4.38. The van der Waals surface area contributed by atoms with Crippen molar-refractivity contribution in [3.63, 3.8) is 0 Å². The van der Waals surface area contributed by atoms with Crippen LogP contribution in [0.25, 0.3) is 0 Å². The molecule has 0 radical (unpaired) electrons. The number of rotatable bonds is 8. The molecule has 8 nitrogen and oxygen atoms in total. The Bertz CT molecular complexity index is 481. The highest BCUT2D eigenvalue weighted by Gasteiger charge is 2.24. The van der Waals surface area contributed by atoms with E-state index in [1.54, 1.807) is 14.0 Å². The predicted octanol–water partition coefficient (Wildman–Crippen LogP) is 1.31. The molecule has 1 fully saturated rings. The molecule has 1 saturated heterocycles. The van der Waals surface area contributed by atoms with Crippen molar-refractivity contribution in [3.8, 4) is 0 Å². The van der Waals surface area contributed by atoms with E-state index in [2.05, 4.69) is 34.4 Å². The van der Waals surface area contributed by atoms with E-state index in [1.807, 2.05) is 0 Å². The van der Waals surface area contributed by atoms with Gasteiger partial charge >= 0.3 is 6.09 Å². The molecule has 2 atom stereocenters. The molecule has 0 bridgehead atoms. The van der Waals surface area contributed by atoms with Gasteiger partial charge < -0.3 is 26.0 Å². The SMILES string of the molecule is CCOC(=O)NC(CNC(=NC)N1CCCC(CC(N)=O)C1)CC(C)C. The number of aliphatic imine (C=N–C) groups is 1. The maximum absolute atomic E-state index is 11.8. The minimum atomic E-state index is -0.394. The third kappa shape index (κ3) is 8.40. The number of nitrogens with one attached hydrogen (secondary N) is 2. The van der Waals surface area contributed by atoms with E-state index >= 15 is 0 Å². The highest BCUT2D eigenvalue weighted by atomic mass is 16.5. The average molecular weight is 370 g/mol. The molecule has 4 N–H and O–H groups in total. The quantitative estimate of drug-likeness (QED) is 0.441. The van der Waals surface area contributed by atoms with Crippen LogP contribution in [0.15, 0.2) is 4.99 Å². The van der Waals surface area contributed by atoms with Gasteiger partial charge in [-0.05, 0) is 38.0 Å². The lowest BCUT2D eigenvalue weighted by Crippen LogP contribution is -2.51. The molecule has 150 valence electrons. The van der Waals surface area contributed by atoms with Gasteiger partial charge in [0.15, 0.2) is 5.96 Å². The maximum Gasteiger partial charge on any atom is 0.407 e. The second kappa shape index (κ2) is 11.6. The van der Waals surface area contributed by atoms with Gasteiger partial charge in [-0.2, -0.15) is 0 Å². The lowest BCUT2D eigenvalue weighted by molar-refractivity contribution is -0.119. The Morgan fingerprint density at radius 2 is 2.12 bits per heavy atom. The Morgan fingerprint density at radius 3 is 2.69 bits per heavy atom. The van der Waals surface area contributed by atoms with Crippen LogP contribution in [0.4, 0.5) is 4.79 Å². The summed E-state index contributed by atoms with van der Waals surface area (Å²) in [4.78, 5) is 29.5. The molecular weight excluding hydrogens is 334 g/mol. The Labute approximate surface area is 156 Å². The summed E-state index contributed by atoms with van der Waals surface area (Å²) in [6.45, 7) is 8.61. The van der Waals surface area contributed by atoms with Crippen LogP contribution in [0.3, 0.4) is 0 Å². The molecule has 8 heteroatoms. The number of piperidine rings is 1. The summed E-state index contributed by atoms with van der Waals surface area (Å²) in [6.07, 6.45) is 2.88. The first-order chi connectivity index (χ1) is 12.3. The predicted molar refractivity (Wildman–Crippen MR) is 103 cm³/mol. The van der Waals surface area contributed by atoms with Gasteiger partial charge in [0.05, 0.1) is 6.61 Å². The van der Waals surface area contributed by atoms with E-state index in [0.717, 1.165) is 38.3 Å². The molecule has 0 aromatic rings. The average Bonchev–Trinajstić information content (AvgIpc) is 2.54. The summed E-state index contributed by atoms with van der Waals surface area (Å²) < 4.78 is 4.99. The van der Waals surface area contributed by atoms with Crippen molar-refractivity contribution < 1.29 is 14.3 Å². The standard InChI is InChI=1S/C18H35N5O3/c1-5-26-18(25)22-15(9-13(2)3)11-21-17(20-4)23-8-6-7-14(12-23)10-16(19)24/h13-15H,5-12H2,1-4H3,(H2,19,24)(H,20,21)(H,22,25). The number of hydrogen-bond donors (Lipinski definition) is 3. The van der Waals surface area contributed by atoms with Crippen LogP contribution in [0.1, 0.15) is 46.5 Å². The summed E-state index contributed by atoms with van der Waals surface area (Å²) in [5.41, 5.74) is 5.34. The van der Waals surface area contributed by atoms with Gasteiger partial charge in [-0.15, -0.1) is 0 Å². The van der Waals surface area contributed by atoms with Gasteiger partial charge in [0, 0.05) is 39.1 Å². The van der Waals surface area contributed by atoms with Crippen molar-refractivity contribution in [2.75, 3.05) is 33.3 Å². The Kier molecular flexibility index (Phi) is 9.83. The van der Waals surface area contributed by atoms with Crippen molar-refractivity contribution in [2.24, 2.45) is 22.6 Å². The van der Waals surface area contributed by atoms with Crippen LogP contribution >= 0.6 is 0 Å². The van der Waals surface area contributed by atoms with Crippen molar-refractivity contribution >= 4 is 18.0 Å². The first-order valence-electron chi connectivity index (χ1n) is 9.52. The minimum Gasteiger partial charge on any atom is -0.450 e. The number of alkyl carbamates (subject to hydrolysis) is 1. The number of hydrogen-bond acceptors (Lipinski definition) is 4. The van der Waals surface area contributed by atoms with Crippen molar-refractivity contribution in [3.05, 3.63) is 0 Å². The number of carbonyl (C=O) groups excluding carboxylic acids is 2. The van der Waals surface area contributed by atoms with Crippen molar-refractivity contribution in [2.45, 2.75) is 52.5 Å². The van der Waals surface area contributed by atoms with Gasteiger partial charge in [-0.25, -0.2) is 4.79 Å². The van der Waals surface area contributed by atoms with Crippen LogP contribution < -0.4 is 16.4 Å². The van der Waals surface area contributed by atoms with Crippen LogP contribution in [0.2, 0.25) is 0 Å². The van der Waals surface area contributed by atoms with E-state index in [4.69, 9.17) is 10.5 Å². The maximum atomic E-state index is 11.8. The van der Waals surface area contributed by atoms with Crippen LogP contribution in [0, 0.1) is 11.8 Å². The molecule has 0 saturated carbocycles. The van der Waals surface area contributed by atoms with E-state index in [0.29, 0.717) is 25.5 Å². The molecule has 2 amide bonds. The zero-order valence-electron chi connectivity index (χ0n) is 16.6. The summed E-state index contributed by atoms with van der Waals surface area (Å²) in [5, 5.41) is 6.26. The Hall–Kier alpha value is -1.99. The van der Waals surface area contributed by atoms with E-state index in [1.165, 1.54) is 0 Å². The molecule has 2 unspecified atom stereocenters. The summed E-state index contributed by atoms with van der Waals surface area (Å²) >= 11 is 0. The second-order valence-corrected chi connectivity index (χ2v) is 7.24. The minimum absolute atomic E-state index is 0.0444. The van der Waals surface area contributed by atoms with Gasteiger partial charge in [-0.1, -0.05) is 13.8 Å². The Balaban J connectivity index is 2.60. The number of primary amides is 1. The number of nitrogens with zero attached hydrogens (tertiary/aromatic N) is 2. The number of amides is 2. The monoisotopic (exact) mass is 369 g/mol. The molecule has 26 heavy (non-hydrogen) atoms. The van der Waals surface area contributed by atoms with E-state index in [9.17, 15) is 9.59 Å². The lowest BCUT2D eigenvalue weighted by Gasteiger charge is -2.35. The topological polar surface area (TPSA) is 109 Å². The summed E-state index contributed by atoms with van der Waals surface area (Å²) in [6, 6.07) is -0.0444. The van der Waals surface area contributed by atoms with Crippen LogP contribution in [-0.2, 0) is 9.53 Å². The van der Waals surface area contributed by atoms with Crippen molar-refractivity contribution in [1.29, 1.82) is 0 Å². The number of likely N-dealkylation sites (tertiary alicyclic amines) is 1. The fourth-order valence-electron chi connectivity index (χ4n) is 3.36. The highest BCUT2D eigenvalue weighted by molar-refractivity contribution is 5.80. The zero-order chi connectivity index (χ0) is 19.5. The van der Waals surface area contributed by atoms with E-state index < -0.39 is 6.09 Å². The molecule has 0 aliphatic carbocycles. The molecular formula is C18H35N5O3. The number of guanidine groups is 1. The number of carbonyl (C=O) groups is 2. The van der Waals surface area contributed by atoms with Gasteiger partial charge in [0.1, 0.15) is 0 Å². The fourth-order valence-corrected chi connectivity index (χ4v) is 3.36. The smallest absolute Gasteiger partial charge is 0.407 e. The largest absolute Gasteiger partial charge is 0.450 e. The normalized spacial score (nSPS) is 19.2. The number of ether oxygens (including phenoxy) is 1. The molecule has 0 aromatic carbocycles. The second-order valence-electron chi connectivity index (χ2n) is 7.24. The fraction of sp³-hybridized carbons (Fsp3) is 0.833. The number of nitrogens with two attached hydrogens (primary N) is 1. The molecule has 1 aliphatic heterocycles. The van der Waals surface area contributed by atoms with E-state index in [-0.39, 0.29) is 17.9 Å². The zero-order valence-corrected chi connectivity index (χ0v) is 16.6. The summed E-state index contributed by atoms with van der Waals surface area (Å²) in [7, 11) is 1.75. The van der Waals surface area contributed by atoms with Crippen molar-refractivity contribution in [1.82, 2.24) is 15.5 Å². The lowest BCUT2D eigenvalue weighted by atomic mass is 9.95. The van der Waals surface area contributed by atoms with Gasteiger partial charge in [-0.3, -0.25) is 9.79 Å². The molecule has 1 rings (SSSR count). The molecule has 1 aliphatic rings. The first kappa shape index (κ1) is 22.1. The van der Waals surface area contributed by atoms with Gasteiger partial charge in [0.25, 0.3) is 0 Å². The molecule has 0 spiro atoms. The summed E-state index contributed by atoms with van der Waals surface area (Å²) in [5.74, 6) is 1.25. The van der Waals surface area contributed by atoms with Crippen LogP contribution in [0.5, 0.6) is 0 Å².